The molecule has 1 N–H and O–H groups in total. The number of amides is 1. The molecule has 112 valence electrons. The second kappa shape index (κ2) is 7.53. The van der Waals surface area contributed by atoms with Gasteiger partial charge in [-0.2, -0.15) is 5.10 Å². The van der Waals surface area contributed by atoms with E-state index in [2.05, 4.69) is 15.5 Å². The largest absolute Gasteiger partial charge is 0.546 e. The first-order valence-corrected chi connectivity index (χ1v) is 6.31. The number of nitrogens with zero attached hydrogens (tertiary/aromatic N) is 2. The summed E-state index contributed by atoms with van der Waals surface area (Å²) in [4.78, 5) is 25.8. The van der Waals surface area contributed by atoms with Crippen molar-refractivity contribution in [3.63, 3.8) is 0 Å². The van der Waals surface area contributed by atoms with Gasteiger partial charge < -0.3 is 14.6 Å². The quantitative estimate of drug-likeness (QED) is 0.596. The molecule has 2 rings (SSSR count). The predicted octanol–water partition coefficient (Wildman–Crippen LogP) is -0.0258. The molecular weight excluding hydrogens is 286 g/mol. The van der Waals surface area contributed by atoms with Crippen LogP contribution in [0.2, 0.25) is 0 Å². The van der Waals surface area contributed by atoms with E-state index in [1.165, 1.54) is 18.6 Å². The molecule has 1 heterocycles. The molecule has 0 aliphatic heterocycles. The zero-order chi connectivity index (χ0) is 15.8. The summed E-state index contributed by atoms with van der Waals surface area (Å²) in [5.41, 5.74) is 3.56. The summed E-state index contributed by atoms with van der Waals surface area (Å²) < 4.78 is 4.94. The molecule has 1 aromatic heterocycles. The third kappa shape index (κ3) is 4.71. The van der Waals surface area contributed by atoms with Crippen LogP contribution in [-0.4, -0.2) is 29.7 Å². The maximum absolute atomic E-state index is 11.7. The van der Waals surface area contributed by atoms with Gasteiger partial charge in [-0.15, -0.1) is 0 Å². The van der Waals surface area contributed by atoms with Crippen LogP contribution in [0.25, 0.3) is 0 Å². The third-order valence-corrected chi connectivity index (χ3v) is 2.56. The van der Waals surface area contributed by atoms with Crippen LogP contribution in [-0.2, 0) is 4.79 Å². The Morgan fingerprint density at radius 1 is 1.18 bits per heavy atom. The monoisotopic (exact) mass is 298 g/mol. The average Bonchev–Trinajstić information content (AvgIpc) is 2.55. The molecule has 22 heavy (non-hydrogen) atoms. The van der Waals surface area contributed by atoms with Crippen molar-refractivity contribution < 1.29 is 19.4 Å². The van der Waals surface area contributed by atoms with Crippen molar-refractivity contribution in [1.29, 1.82) is 0 Å². The Hall–Kier alpha value is -3.22. The lowest BCUT2D eigenvalue weighted by Crippen LogP contribution is -2.28. The molecular formula is C15H12N3O4-. The molecule has 0 spiro atoms. The van der Waals surface area contributed by atoms with E-state index < -0.39 is 12.6 Å². The first-order valence-electron chi connectivity index (χ1n) is 6.31. The molecule has 0 radical (unpaired) electrons. The number of aliphatic carboxylic acids is 1. The summed E-state index contributed by atoms with van der Waals surface area (Å²) in [6.45, 7) is -0.505. The zero-order valence-corrected chi connectivity index (χ0v) is 11.4. The summed E-state index contributed by atoms with van der Waals surface area (Å²) >= 11 is 0. The van der Waals surface area contributed by atoms with E-state index in [4.69, 9.17) is 4.74 Å². The van der Waals surface area contributed by atoms with Gasteiger partial charge in [-0.3, -0.25) is 9.78 Å². The van der Waals surface area contributed by atoms with Crippen LogP contribution in [0.3, 0.4) is 0 Å². The SMILES string of the molecule is O=C([O-])COc1ccc(C=NNC(=O)c2ccncc2)cc1. The fraction of sp³-hybridized carbons (Fsp3) is 0.0667. The number of carbonyl (C=O) groups excluding carboxylic acids is 2. The Balaban J connectivity index is 1.88. The van der Waals surface area contributed by atoms with Crippen molar-refractivity contribution in [2.24, 2.45) is 5.10 Å². The molecule has 7 nitrogen and oxygen atoms in total. The highest BCUT2D eigenvalue weighted by molar-refractivity contribution is 5.94. The van der Waals surface area contributed by atoms with E-state index in [-0.39, 0.29) is 5.91 Å². The minimum Gasteiger partial charge on any atom is -0.546 e. The maximum Gasteiger partial charge on any atom is 0.271 e. The van der Waals surface area contributed by atoms with Gasteiger partial charge in [0.2, 0.25) is 0 Å². The molecule has 0 bridgehead atoms. The van der Waals surface area contributed by atoms with Crippen LogP contribution in [0.4, 0.5) is 0 Å². The van der Waals surface area contributed by atoms with E-state index in [0.717, 1.165) is 5.56 Å². The number of carbonyl (C=O) groups is 2. The Morgan fingerprint density at radius 2 is 1.86 bits per heavy atom. The lowest BCUT2D eigenvalue weighted by Gasteiger charge is -2.06. The van der Waals surface area contributed by atoms with E-state index in [1.54, 1.807) is 36.4 Å². The first-order chi connectivity index (χ1) is 10.6. The number of rotatable bonds is 6. The van der Waals surface area contributed by atoms with Crippen LogP contribution in [0.15, 0.2) is 53.9 Å². The Labute approximate surface area is 126 Å². The highest BCUT2D eigenvalue weighted by Gasteiger charge is 2.01. The highest BCUT2D eigenvalue weighted by atomic mass is 16.5. The van der Waals surface area contributed by atoms with Gasteiger partial charge in [-0.05, 0) is 42.0 Å². The fourth-order valence-corrected chi connectivity index (χ4v) is 1.53. The number of hydrogen-bond donors (Lipinski definition) is 1. The van der Waals surface area contributed by atoms with E-state index in [9.17, 15) is 14.7 Å². The first kappa shape index (κ1) is 15.2. The molecule has 7 heteroatoms. The van der Waals surface area contributed by atoms with Crippen molar-refractivity contribution in [2.45, 2.75) is 0 Å². The lowest BCUT2D eigenvalue weighted by atomic mass is 10.2. The maximum atomic E-state index is 11.7. The summed E-state index contributed by atoms with van der Waals surface area (Å²) in [5.74, 6) is -1.22. The van der Waals surface area contributed by atoms with Crippen molar-refractivity contribution in [1.82, 2.24) is 10.4 Å². The van der Waals surface area contributed by atoms with Crippen LogP contribution in [0.5, 0.6) is 5.75 Å². The number of pyridine rings is 1. The van der Waals surface area contributed by atoms with Crippen LogP contribution >= 0.6 is 0 Å². The van der Waals surface area contributed by atoms with Gasteiger partial charge in [0.25, 0.3) is 5.91 Å². The Kier molecular flexibility index (Phi) is 5.20. The van der Waals surface area contributed by atoms with Gasteiger partial charge in [0.1, 0.15) is 12.4 Å². The van der Waals surface area contributed by atoms with Gasteiger partial charge in [-0.25, -0.2) is 5.43 Å². The zero-order valence-electron chi connectivity index (χ0n) is 11.4. The number of carboxylic acid groups (broad SMARTS) is 1. The van der Waals surface area contributed by atoms with Crippen LogP contribution < -0.4 is 15.3 Å². The predicted molar refractivity (Wildman–Crippen MR) is 76.2 cm³/mol. The third-order valence-electron chi connectivity index (χ3n) is 2.56. The van der Waals surface area contributed by atoms with E-state index >= 15 is 0 Å². The second-order valence-electron chi connectivity index (χ2n) is 4.16. The number of hydrazone groups is 1. The molecule has 0 aliphatic rings. The van der Waals surface area contributed by atoms with Gasteiger partial charge in [0.05, 0.1) is 12.2 Å². The molecule has 1 aromatic carbocycles. The smallest absolute Gasteiger partial charge is 0.271 e. The van der Waals surface area contributed by atoms with Gasteiger partial charge in [-0.1, -0.05) is 0 Å². The minimum atomic E-state index is -1.29. The normalized spacial score (nSPS) is 10.4. The van der Waals surface area contributed by atoms with Crippen LogP contribution in [0.1, 0.15) is 15.9 Å². The molecule has 0 unspecified atom stereocenters. The van der Waals surface area contributed by atoms with Gasteiger partial charge >= 0.3 is 0 Å². The lowest BCUT2D eigenvalue weighted by molar-refractivity contribution is -0.307. The number of ether oxygens (including phenoxy) is 1. The molecule has 0 fully saturated rings. The number of nitrogens with one attached hydrogen (secondary N) is 1. The van der Waals surface area contributed by atoms with E-state index in [1.807, 2.05) is 0 Å². The molecule has 2 aromatic rings. The van der Waals surface area contributed by atoms with Crippen molar-refractivity contribution in [2.75, 3.05) is 6.61 Å². The van der Waals surface area contributed by atoms with Crippen LogP contribution in [0, 0.1) is 0 Å². The standard InChI is InChI=1S/C15H13N3O4/c19-14(20)10-22-13-3-1-11(2-4-13)9-17-18-15(21)12-5-7-16-8-6-12/h1-9H,10H2,(H,18,21)(H,19,20)/p-1. The summed E-state index contributed by atoms with van der Waals surface area (Å²) in [6.07, 6.45) is 4.50. The van der Waals surface area contributed by atoms with Gasteiger partial charge in [0.15, 0.2) is 0 Å². The number of hydrogen-bond acceptors (Lipinski definition) is 6. The molecule has 0 atom stereocenters. The number of benzene rings is 1. The second-order valence-corrected chi connectivity index (χ2v) is 4.16. The van der Waals surface area contributed by atoms with Gasteiger partial charge in [0, 0.05) is 18.0 Å². The van der Waals surface area contributed by atoms with Crippen molar-refractivity contribution in [3.05, 3.63) is 59.9 Å². The number of carboxylic acids is 1. The Bertz CT molecular complexity index is 669. The van der Waals surface area contributed by atoms with E-state index in [0.29, 0.717) is 11.3 Å². The minimum absolute atomic E-state index is 0.340. The molecule has 0 saturated heterocycles. The Morgan fingerprint density at radius 3 is 2.50 bits per heavy atom. The average molecular weight is 298 g/mol. The van der Waals surface area contributed by atoms with Crippen molar-refractivity contribution >= 4 is 18.1 Å². The summed E-state index contributed by atoms with van der Waals surface area (Å²) in [5, 5.41) is 14.1. The topological polar surface area (TPSA) is 104 Å². The van der Waals surface area contributed by atoms with Crippen molar-refractivity contribution in [3.8, 4) is 5.75 Å². The summed E-state index contributed by atoms with van der Waals surface area (Å²) in [6, 6.07) is 9.69. The molecule has 0 saturated carbocycles. The molecule has 0 aliphatic carbocycles. The molecule has 1 amide bonds. The highest BCUT2D eigenvalue weighted by Crippen LogP contribution is 2.10. The number of aromatic nitrogens is 1. The fourth-order valence-electron chi connectivity index (χ4n) is 1.53. The summed E-state index contributed by atoms with van der Waals surface area (Å²) in [7, 11) is 0.